The van der Waals surface area contributed by atoms with E-state index in [-0.39, 0.29) is 10.5 Å². The van der Waals surface area contributed by atoms with Gasteiger partial charge < -0.3 is 31.0 Å². The van der Waals surface area contributed by atoms with Crippen LogP contribution in [-0.2, 0) is 27.9 Å². The smallest absolute Gasteiger partial charge is 0.323 e. The number of carbonyl (C=O) groups is 2. The molecule has 14 heteroatoms. The Labute approximate surface area is 248 Å². The van der Waals surface area contributed by atoms with E-state index in [0.717, 1.165) is 11.1 Å². The molecule has 7 N–H and O–H groups in total. The lowest BCUT2D eigenvalue weighted by molar-refractivity contribution is -0.138. The molecule has 0 fully saturated rings. The van der Waals surface area contributed by atoms with E-state index in [0.29, 0.717) is 54.0 Å². The van der Waals surface area contributed by atoms with Gasteiger partial charge in [0.25, 0.3) is 5.91 Å². The van der Waals surface area contributed by atoms with Gasteiger partial charge in [-0.25, -0.2) is 13.4 Å². The quantitative estimate of drug-likeness (QED) is 0.131. The summed E-state index contributed by atoms with van der Waals surface area (Å²) in [6, 6.07) is 6.93. The number of sulfonamides is 1. The van der Waals surface area contributed by atoms with Gasteiger partial charge in [0.15, 0.2) is 5.95 Å². The van der Waals surface area contributed by atoms with E-state index >= 15 is 0 Å². The van der Waals surface area contributed by atoms with Gasteiger partial charge in [0.1, 0.15) is 11.6 Å². The number of fused-ring (bicyclic) bond motifs is 1. The standard InChI is InChI=1S/C29H35N7O6S/c1-17-11-18(2)26(19(3)12-17)43(41,42)35-23(28(39)40)15-33-27(38)22-16-36(10-4-7-30)24-13-20(5-6-21(24)25(22)37)14-34-29-31-8-9-32-29/h5-6,8-9,11-13,16,23,35H,4,7,10,14-15,30H2,1-3H3,(H,33,38)(H,39,40)(H2,31,32,34)/t23-/m0/s1. The highest BCUT2D eigenvalue weighted by atomic mass is 32.2. The number of rotatable bonds is 13. The van der Waals surface area contributed by atoms with Gasteiger partial charge in [-0.3, -0.25) is 14.4 Å². The van der Waals surface area contributed by atoms with Gasteiger partial charge in [-0.15, -0.1) is 0 Å². The Morgan fingerprint density at radius 1 is 1.14 bits per heavy atom. The topological polar surface area (TPSA) is 201 Å². The molecule has 2 heterocycles. The van der Waals surface area contributed by atoms with E-state index in [2.05, 4.69) is 25.3 Å². The first-order chi connectivity index (χ1) is 20.4. The summed E-state index contributed by atoms with van der Waals surface area (Å²) in [4.78, 5) is 45.6. The third-order valence-corrected chi connectivity index (χ3v) is 8.66. The van der Waals surface area contributed by atoms with Crippen molar-refractivity contribution in [2.24, 2.45) is 5.73 Å². The number of pyridine rings is 1. The second kappa shape index (κ2) is 13.2. The minimum atomic E-state index is -4.24. The van der Waals surface area contributed by atoms with Crippen molar-refractivity contribution >= 4 is 38.8 Å². The predicted octanol–water partition coefficient (Wildman–Crippen LogP) is 1.77. The monoisotopic (exact) mass is 609 g/mol. The number of aliphatic carboxylic acids is 1. The summed E-state index contributed by atoms with van der Waals surface area (Å²) in [7, 11) is -4.24. The maximum atomic E-state index is 13.4. The van der Waals surface area contributed by atoms with Crippen molar-refractivity contribution in [2.75, 3.05) is 18.4 Å². The molecule has 228 valence electrons. The van der Waals surface area contributed by atoms with Crippen LogP contribution in [0, 0.1) is 20.8 Å². The van der Waals surface area contributed by atoms with Crippen molar-refractivity contribution < 1.29 is 23.1 Å². The molecule has 0 aliphatic rings. The molecule has 0 aliphatic heterocycles. The second-order valence-corrected chi connectivity index (χ2v) is 12.0. The number of nitrogens with two attached hydrogens (primary N) is 1. The van der Waals surface area contributed by atoms with Gasteiger partial charge in [-0.05, 0) is 62.6 Å². The molecular formula is C29H35N7O6S. The Morgan fingerprint density at radius 2 is 1.86 bits per heavy atom. The molecule has 2 aromatic carbocycles. The summed E-state index contributed by atoms with van der Waals surface area (Å²) in [6.07, 6.45) is 5.31. The summed E-state index contributed by atoms with van der Waals surface area (Å²) < 4.78 is 30.2. The average Bonchev–Trinajstić information content (AvgIpc) is 3.46. The van der Waals surface area contributed by atoms with Gasteiger partial charge in [-0.2, -0.15) is 4.72 Å². The third kappa shape index (κ3) is 7.28. The fourth-order valence-electron chi connectivity index (χ4n) is 5.01. The number of hydrogen-bond donors (Lipinski definition) is 6. The van der Waals surface area contributed by atoms with Crippen molar-refractivity contribution in [1.29, 1.82) is 0 Å². The summed E-state index contributed by atoms with van der Waals surface area (Å²) in [5, 5.41) is 15.6. The molecule has 0 saturated carbocycles. The van der Waals surface area contributed by atoms with E-state index in [1.165, 1.54) is 6.20 Å². The first-order valence-corrected chi connectivity index (χ1v) is 15.1. The Morgan fingerprint density at radius 3 is 2.49 bits per heavy atom. The number of nitrogens with zero attached hydrogens (tertiary/aromatic N) is 2. The van der Waals surface area contributed by atoms with Crippen LogP contribution in [0.1, 0.15) is 39.0 Å². The number of nitrogens with one attached hydrogen (secondary N) is 4. The number of aryl methyl sites for hydroxylation is 4. The van der Waals surface area contributed by atoms with Crippen LogP contribution in [0.15, 0.2) is 58.6 Å². The fourth-order valence-corrected chi connectivity index (χ4v) is 6.65. The lowest BCUT2D eigenvalue weighted by Gasteiger charge is -2.19. The predicted molar refractivity (Wildman–Crippen MR) is 163 cm³/mol. The van der Waals surface area contributed by atoms with E-state index < -0.39 is 39.9 Å². The molecule has 1 amide bonds. The third-order valence-electron chi connectivity index (χ3n) is 6.89. The van der Waals surface area contributed by atoms with Crippen LogP contribution in [-0.4, -0.2) is 59.1 Å². The Kier molecular flexibility index (Phi) is 9.63. The summed E-state index contributed by atoms with van der Waals surface area (Å²) in [6.45, 7) is 5.74. The highest BCUT2D eigenvalue weighted by Gasteiger charge is 2.29. The number of anilines is 1. The normalized spacial score (nSPS) is 12.3. The number of benzene rings is 2. The molecule has 0 bridgehead atoms. The summed E-state index contributed by atoms with van der Waals surface area (Å²) in [5.41, 5.74) is 8.25. The Hall–Kier alpha value is -4.53. The number of carboxylic acids is 1. The minimum Gasteiger partial charge on any atom is -0.480 e. The van der Waals surface area contributed by atoms with Gasteiger partial charge in [0.2, 0.25) is 15.5 Å². The molecule has 0 unspecified atom stereocenters. The van der Waals surface area contributed by atoms with Crippen LogP contribution in [0.4, 0.5) is 5.95 Å². The van der Waals surface area contributed by atoms with Crippen LogP contribution in [0.5, 0.6) is 0 Å². The highest BCUT2D eigenvalue weighted by molar-refractivity contribution is 7.89. The van der Waals surface area contributed by atoms with E-state index in [4.69, 9.17) is 5.73 Å². The molecule has 0 spiro atoms. The van der Waals surface area contributed by atoms with Crippen molar-refractivity contribution in [3.63, 3.8) is 0 Å². The number of imidazole rings is 1. The van der Waals surface area contributed by atoms with Crippen LogP contribution in [0.2, 0.25) is 0 Å². The molecule has 43 heavy (non-hydrogen) atoms. The first-order valence-electron chi connectivity index (χ1n) is 13.6. The highest BCUT2D eigenvalue weighted by Crippen LogP contribution is 2.22. The van der Waals surface area contributed by atoms with Crippen molar-refractivity contribution in [1.82, 2.24) is 24.6 Å². The zero-order chi connectivity index (χ0) is 31.3. The number of hydrogen-bond acceptors (Lipinski definition) is 8. The van der Waals surface area contributed by atoms with Crippen molar-refractivity contribution in [3.8, 4) is 0 Å². The zero-order valence-corrected chi connectivity index (χ0v) is 24.9. The Balaban J connectivity index is 1.58. The van der Waals surface area contributed by atoms with Crippen molar-refractivity contribution in [3.05, 3.63) is 87.0 Å². The number of H-pyrrole nitrogens is 1. The first kappa shape index (κ1) is 31.4. The minimum absolute atomic E-state index is 0.0216. The molecule has 13 nitrogen and oxygen atoms in total. The summed E-state index contributed by atoms with van der Waals surface area (Å²) in [5.74, 6) is -1.72. The molecule has 0 saturated heterocycles. The molecule has 2 aromatic heterocycles. The average molecular weight is 610 g/mol. The van der Waals surface area contributed by atoms with E-state index in [9.17, 15) is 27.9 Å². The Bertz CT molecular complexity index is 1790. The maximum Gasteiger partial charge on any atom is 0.323 e. The van der Waals surface area contributed by atoms with Crippen LogP contribution >= 0.6 is 0 Å². The number of carbonyl (C=O) groups excluding carboxylic acids is 1. The van der Waals surface area contributed by atoms with E-state index in [1.54, 1.807) is 55.1 Å². The van der Waals surface area contributed by atoms with Crippen molar-refractivity contribution in [2.45, 2.75) is 51.2 Å². The molecule has 1 atom stereocenters. The van der Waals surface area contributed by atoms with Gasteiger partial charge >= 0.3 is 5.97 Å². The van der Waals surface area contributed by atoms with Crippen LogP contribution in [0.25, 0.3) is 10.9 Å². The number of carboxylic acid groups (broad SMARTS) is 1. The second-order valence-electron chi connectivity index (χ2n) is 10.3. The largest absolute Gasteiger partial charge is 0.480 e. The molecule has 0 radical (unpaired) electrons. The SMILES string of the molecule is Cc1cc(C)c(S(=O)(=O)N[C@@H](CNC(=O)c2cn(CCCN)c3cc(CNc4ncc[nH]4)ccc3c2=O)C(=O)O)c(C)c1. The van der Waals surface area contributed by atoms with Gasteiger partial charge in [-0.1, -0.05) is 23.8 Å². The molecule has 0 aliphatic carbocycles. The molecule has 4 aromatic rings. The lowest BCUT2D eigenvalue weighted by atomic mass is 10.1. The summed E-state index contributed by atoms with van der Waals surface area (Å²) >= 11 is 0. The molecular weight excluding hydrogens is 574 g/mol. The molecule has 4 rings (SSSR count). The number of amides is 1. The maximum absolute atomic E-state index is 13.4. The van der Waals surface area contributed by atoms with Crippen LogP contribution < -0.4 is 26.5 Å². The van der Waals surface area contributed by atoms with Crippen LogP contribution in [0.3, 0.4) is 0 Å². The van der Waals surface area contributed by atoms with Gasteiger partial charge in [0.05, 0.1) is 10.4 Å². The number of aromatic amines is 1. The lowest BCUT2D eigenvalue weighted by Crippen LogP contribution is -2.49. The van der Waals surface area contributed by atoms with E-state index in [1.807, 2.05) is 13.0 Å². The zero-order valence-electron chi connectivity index (χ0n) is 24.1. The number of aromatic nitrogens is 3. The fraction of sp³-hybridized carbons (Fsp3) is 0.310. The van der Waals surface area contributed by atoms with Gasteiger partial charge in [0, 0.05) is 43.6 Å².